The molecule has 0 unspecified atom stereocenters. The number of hydrogen-bond donors (Lipinski definition) is 0. The summed E-state index contributed by atoms with van der Waals surface area (Å²) in [6, 6.07) is 7.25. The van der Waals surface area contributed by atoms with Gasteiger partial charge in [0.1, 0.15) is 6.54 Å². The zero-order valence-corrected chi connectivity index (χ0v) is 15.8. The number of pyridine rings is 1. The summed E-state index contributed by atoms with van der Waals surface area (Å²) in [5.41, 5.74) is 3.58. The van der Waals surface area contributed by atoms with E-state index >= 15 is 0 Å². The quantitative estimate of drug-likeness (QED) is 0.828. The van der Waals surface area contributed by atoms with Gasteiger partial charge in [-0.3, -0.25) is 14.6 Å². The Morgan fingerprint density at radius 1 is 1.23 bits per heavy atom. The lowest BCUT2D eigenvalue weighted by molar-refractivity contribution is -0.131. The van der Waals surface area contributed by atoms with Crippen molar-refractivity contribution in [3.8, 4) is 0 Å². The summed E-state index contributed by atoms with van der Waals surface area (Å²) in [7, 11) is 4.02. The molecular weight excluding hydrogens is 330 g/mol. The van der Waals surface area contributed by atoms with Crippen molar-refractivity contribution in [3.05, 3.63) is 51.7 Å². The van der Waals surface area contributed by atoms with E-state index in [1.54, 1.807) is 17.9 Å². The fraction of sp³-hybridized carbons (Fsp3) is 0.474. The zero-order valence-electron chi connectivity index (χ0n) is 15.8. The summed E-state index contributed by atoms with van der Waals surface area (Å²) in [5.74, 6) is 0.146. The molecule has 7 nitrogen and oxygen atoms in total. The van der Waals surface area contributed by atoms with Crippen LogP contribution in [0.3, 0.4) is 0 Å². The number of carbonyl (C=O) groups excluding carboxylic acids is 1. The Balaban J connectivity index is 1.71. The number of rotatable bonds is 4. The Morgan fingerprint density at radius 2 is 2.00 bits per heavy atom. The van der Waals surface area contributed by atoms with Crippen LogP contribution in [-0.2, 0) is 11.3 Å². The molecule has 138 valence electrons. The fourth-order valence-electron chi connectivity index (χ4n) is 3.26. The van der Waals surface area contributed by atoms with Gasteiger partial charge in [0.15, 0.2) is 0 Å². The molecule has 1 fully saturated rings. The number of aryl methyl sites for hydroxylation is 2. The van der Waals surface area contributed by atoms with Crippen molar-refractivity contribution in [2.24, 2.45) is 0 Å². The van der Waals surface area contributed by atoms with Crippen molar-refractivity contribution in [1.82, 2.24) is 19.7 Å². The Morgan fingerprint density at radius 3 is 2.73 bits per heavy atom. The summed E-state index contributed by atoms with van der Waals surface area (Å²) in [6.45, 7) is 5.08. The van der Waals surface area contributed by atoms with Gasteiger partial charge in [-0.2, -0.15) is 5.10 Å². The van der Waals surface area contributed by atoms with E-state index in [-0.39, 0.29) is 23.9 Å². The minimum Gasteiger partial charge on any atom is -0.378 e. The number of nitrogens with zero attached hydrogens (tertiary/aromatic N) is 5. The molecule has 1 saturated heterocycles. The molecule has 1 amide bonds. The molecule has 3 heterocycles. The maximum atomic E-state index is 12.6. The van der Waals surface area contributed by atoms with E-state index in [4.69, 9.17) is 0 Å². The second kappa shape index (κ2) is 7.27. The van der Waals surface area contributed by atoms with Crippen molar-refractivity contribution in [1.29, 1.82) is 0 Å². The first-order chi connectivity index (χ1) is 12.3. The van der Waals surface area contributed by atoms with E-state index < -0.39 is 0 Å². The highest BCUT2D eigenvalue weighted by Gasteiger charge is 2.29. The summed E-state index contributed by atoms with van der Waals surface area (Å²) < 4.78 is 1.24. The average molecular weight is 355 g/mol. The smallest absolute Gasteiger partial charge is 0.267 e. The van der Waals surface area contributed by atoms with E-state index in [9.17, 15) is 9.59 Å². The van der Waals surface area contributed by atoms with Gasteiger partial charge in [-0.1, -0.05) is 0 Å². The summed E-state index contributed by atoms with van der Waals surface area (Å²) >= 11 is 0. The lowest BCUT2D eigenvalue weighted by Gasteiger charge is -2.19. The highest BCUT2D eigenvalue weighted by Crippen LogP contribution is 2.28. The molecule has 2 aromatic heterocycles. The highest BCUT2D eigenvalue weighted by atomic mass is 16.2. The molecule has 0 saturated carbocycles. The largest absolute Gasteiger partial charge is 0.378 e. The van der Waals surface area contributed by atoms with Crippen LogP contribution in [0.15, 0.2) is 29.1 Å². The van der Waals surface area contributed by atoms with Crippen LogP contribution in [0.1, 0.15) is 29.4 Å². The van der Waals surface area contributed by atoms with Gasteiger partial charge in [-0.25, -0.2) is 4.68 Å². The number of anilines is 1. The molecule has 1 atom stereocenters. The van der Waals surface area contributed by atoms with Crippen molar-refractivity contribution in [2.45, 2.75) is 32.7 Å². The van der Waals surface area contributed by atoms with Crippen molar-refractivity contribution < 1.29 is 4.79 Å². The molecular formula is C19H25N5O2. The average Bonchev–Trinajstić information content (AvgIpc) is 3.08. The van der Waals surface area contributed by atoms with Crippen LogP contribution in [0.2, 0.25) is 0 Å². The molecule has 2 aromatic rings. The molecule has 1 aliphatic rings. The van der Waals surface area contributed by atoms with Gasteiger partial charge in [0.25, 0.3) is 5.56 Å². The Labute approximate surface area is 153 Å². The Bertz CT molecular complexity index is 874. The van der Waals surface area contributed by atoms with Crippen LogP contribution in [-0.4, -0.2) is 52.8 Å². The standard InChI is InChI=1S/C19H25N5O2/c1-13-5-6-18(25)24(21-13)12-19(26)23-8-7-15(11-23)17-10-16(22(3)4)9-14(2)20-17/h5-6,9-10,15H,7-8,11-12H2,1-4H3/t15-/m1/s1. The van der Waals surface area contributed by atoms with Gasteiger partial charge in [0.05, 0.1) is 5.69 Å². The fourth-order valence-corrected chi connectivity index (χ4v) is 3.26. The number of carbonyl (C=O) groups is 1. The first-order valence-electron chi connectivity index (χ1n) is 8.82. The highest BCUT2D eigenvalue weighted by molar-refractivity contribution is 5.76. The van der Waals surface area contributed by atoms with E-state index in [1.807, 2.05) is 21.0 Å². The molecule has 0 spiro atoms. The van der Waals surface area contributed by atoms with Crippen LogP contribution < -0.4 is 10.5 Å². The van der Waals surface area contributed by atoms with Gasteiger partial charge < -0.3 is 9.80 Å². The summed E-state index contributed by atoms with van der Waals surface area (Å²) in [4.78, 5) is 33.0. The van der Waals surface area contributed by atoms with Crippen LogP contribution in [0.4, 0.5) is 5.69 Å². The molecule has 0 N–H and O–H groups in total. The second-order valence-electron chi connectivity index (χ2n) is 7.08. The van der Waals surface area contributed by atoms with Crippen LogP contribution in [0, 0.1) is 13.8 Å². The first kappa shape index (κ1) is 18.1. The third-order valence-corrected chi connectivity index (χ3v) is 4.72. The van der Waals surface area contributed by atoms with E-state index in [1.165, 1.54) is 10.7 Å². The van der Waals surface area contributed by atoms with Crippen LogP contribution >= 0.6 is 0 Å². The maximum Gasteiger partial charge on any atom is 0.267 e. The normalized spacial score (nSPS) is 16.8. The summed E-state index contributed by atoms with van der Waals surface area (Å²) in [5, 5.41) is 4.14. The number of aromatic nitrogens is 3. The SMILES string of the molecule is Cc1cc(N(C)C)cc([C@@H]2CCN(C(=O)Cn3nc(C)ccc3=O)C2)n1. The minimum absolute atomic E-state index is 0.0164. The first-order valence-corrected chi connectivity index (χ1v) is 8.82. The van der Waals surface area contributed by atoms with Gasteiger partial charge >= 0.3 is 0 Å². The summed E-state index contributed by atoms with van der Waals surface area (Å²) in [6.07, 6.45) is 0.880. The van der Waals surface area contributed by atoms with Crippen LogP contribution in [0.25, 0.3) is 0 Å². The van der Waals surface area contributed by atoms with Gasteiger partial charge in [-0.15, -0.1) is 0 Å². The lowest BCUT2D eigenvalue weighted by Crippen LogP contribution is -2.36. The van der Waals surface area contributed by atoms with Crippen molar-refractivity contribution in [2.75, 3.05) is 32.1 Å². The third-order valence-electron chi connectivity index (χ3n) is 4.72. The number of likely N-dealkylation sites (tertiary alicyclic amines) is 1. The molecule has 0 aliphatic carbocycles. The van der Waals surface area contributed by atoms with Crippen molar-refractivity contribution in [3.63, 3.8) is 0 Å². The molecule has 26 heavy (non-hydrogen) atoms. The lowest BCUT2D eigenvalue weighted by atomic mass is 10.0. The van der Waals surface area contributed by atoms with E-state index in [0.29, 0.717) is 13.1 Å². The monoisotopic (exact) mass is 355 g/mol. The molecule has 3 rings (SSSR count). The molecule has 1 aliphatic heterocycles. The van der Waals surface area contributed by atoms with E-state index in [0.717, 1.165) is 29.2 Å². The minimum atomic E-state index is -0.254. The topological polar surface area (TPSA) is 71.3 Å². The predicted molar refractivity (Wildman–Crippen MR) is 100 cm³/mol. The molecule has 0 aromatic carbocycles. The number of amides is 1. The maximum absolute atomic E-state index is 12.6. The second-order valence-corrected chi connectivity index (χ2v) is 7.08. The molecule has 7 heteroatoms. The van der Waals surface area contributed by atoms with E-state index in [2.05, 4.69) is 27.1 Å². The third kappa shape index (κ3) is 3.92. The predicted octanol–water partition coefficient (Wildman–Crippen LogP) is 1.34. The Kier molecular flexibility index (Phi) is 5.06. The van der Waals surface area contributed by atoms with Crippen molar-refractivity contribution >= 4 is 11.6 Å². The Hall–Kier alpha value is -2.70. The van der Waals surface area contributed by atoms with Gasteiger partial charge in [0, 0.05) is 56.2 Å². The molecule has 0 bridgehead atoms. The van der Waals surface area contributed by atoms with Crippen LogP contribution in [0.5, 0.6) is 0 Å². The van der Waals surface area contributed by atoms with Gasteiger partial charge in [-0.05, 0) is 38.5 Å². The molecule has 0 radical (unpaired) electrons. The van der Waals surface area contributed by atoms with Gasteiger partial charge in [0.2, 0.25) is 5.91 Å². The zero-order chi connectivity index (χ0) is 18.8. The number of hydrogen-bond acceptors (Lipinski definition) is 5.